The molecule has 0 unspecified atom stereocenters. The highest BCUT2D eigenvalue weighted by atomic mass is 32.1. The van der Waals surface area contributed by atoms with Gasteiger partial charge >= 0.3 is 0 Å². The van der Waals surface area contributed by atoms with Crippen molar-refractivity contribution < 1.29 is 14.8 Å². The Morgan fingerprint density at radius 2 is 1.66 bits per heavy atom. The van der Waals surface area contributed by atoms with E-state index < -0.39 is 4.92 Å². The topological polar surface area (TPSA) is 85.5 Å². The summed E-state index contributed by atoms with van der Waals surface area (Å²) in [4.78, 5) is 15.8. The van der Waals surface area contributed by atoms with E-state index in [0.717, 1.165) is 27.8 Å². The normalized spacial score (nSPS) is 9.66. The van der Waals surface area contributed by atoms with Gasteiger partial charge in [0.05, 0.1) is 15.1 Å². The van der Waals surface area contributed by atoms with Crippen molar-refractivity contribution in [1.29, 1.82) is 0 Å². The number of rotatable bonds is 4. The fourth-order valence-corrected chi connectivity index (χ4v) is 3.57. The molecule has 29 heavy (non-hydrogen) atoms. The van der Waals surface area contributed by atoms with Gasteiger partial charge in [0, 0.05) is 36.4 Å². The summed E-state index contributed by atoms with van der Waals surface area (Å²) >= 11 is 1.61. The lowest BCUT2D eigenvalue weighted by atomic mass is 10.2. The maximum absolute atomic E-state index is 10.7. The van der Waals surface area contributed by atoms with E-state index in [1.54, 1.807) is 35.7 Å². The molecule has 0 radical (unpaired) electrons. The van der Waals surface area contributed by atoms with Crippen LogP contribution >= 0.6 is 11.3 Å². The lowest BCUT2D eigenvalue weighted by molar-refractivity contribution is -0.384. The number of benzene rings is 2. The molecule has 6 nitrogen and oxygen atoms in total. The summed E-state index contributed by atoms with van der Waals surface area (Å²) in [6, 6.07) is 20.0. The third kappa shape index (κ3) is 5.37. The van der Waals surface area contributed by atoms with Gasteiger partial charge in [-0.1, -0.05) is 44.2 Å². The van der Waals surface area contributed by atoms with E-state index in [0.29, 0.717) is 11.5 Å². The number of aliphatic hydroxyl groups is 1. The van der Waals surface area contributed by atoms with Crippen molar-refractivity contribution in [2.24, 2.45) is 0 Å². The van der Waals surface area contributed by atoms with Crippen molar-refractivity contribution in [3.8, 4) is 21.9 Å². The number of pyridine rings is 1. The maximum Gasteiger partial charge on any atom is 0.269 e. The van der Waals surface area contributed by atoms with Crippen molar-refractivity contribution >= 4 is 27.2 Å². The molecule has 0 aliphatic rings. The Labute approximate surface area is 173 Å². The predicted molar refractivity (Wildman–Crippen MR) is 118 cm³/mol. The zero-order valence-electron chi connectivity index (χ0n) is 16.4. The first-order chi connectivity index (χ1) is 14.2. The van der Waals surface area contributed by atoms with Gasteiger partial charge in [0.25, 0.3) is 5.69 Å². The molecule has 0 saturated heterocycles. The average Bonchev–Trinajstić information content (AvgIpc) is 3.23. The first-order valence-corrected chi connectivity index (χ1v) is 9.83. The minimum Gasteiger partial charge on any atom is -0.456 e. The number of fused-ring (bicyclic) bond motifs is 1. The van der Waals surface area contributed by atoms with Crippen molar-refractivity contribution in [1.82, 2.24) is 4.98 Å². The summed E-state index contributed by atoms with van der Waals surface area (Å²) in [5, 5.41) is 17.7. The molecule has 2 heterocycles. The van der Waals surface area contributed by atoms with E-state index >= 15 is 0 Å². The molecule has 0 spiro atoms. The molecule has 0 fully saturated rings. The molecule has 0 bridgehead atoms. The summed E-state index contributed by atoms with van der Waals surface area (Å²) in [5.74, 6) is 1.23. The molecule has 4 aromatic rings. The maximum atomic E-state index is 10.7. The van der Waals surface area contributed by atoms with Crippen LogP contribution in [0, 0.1) is 10.1 Å². The highest BCUT2D eigenvalue weighted by Crippen LogP contribution is 2.39. The lowest BCUT2D eigenvalue weighted by Crippen LogP contribution is -1.88. The van der Waals surface area contributed by atoms with Gasteiger partial charge in [-0.25, -0.2) is 0 Å². The van der Waals surface area contributed by atoms with Gasteiger partial charge < -0.3 is 9.84 Å². The van der Waals surface area contributed by atoms with E-state index in [4.69, 9.17) is 9.84 Å². The van der Waals surface area contributed by atoms with Gasteiger partial charge in [-0.15, -0.1) is 11.3 Å². The predicted octanol–water partition coefficient (Wildman–Crippen LogP) is 6.30. The Hall–Kier alpha value is -3.29. The zero-order valence-corrected chi connectivity index (χ0v) is 17.2. The van der Waals surface area contributed by atoms with Gasteiger partial charge in [-0.2, -0.15) is 0 Å². The number of aromatic nitrogens is 1. The lowest BCUT2D eigenvalue weighted by Gasteiger charge is -2.05. The van der Waals surface area contributed by atoms with Crippen LogP contribution in [0.25, 0.3) is 20.7 Å². The molecule has 150 valence electrons. The van der Waals surface area contributed by atoms with Crippen molar-refractivity contribution in [3.05, 3.63) is 83.0 Å². The number of nitro groups is 1. The molecule has 4 rings (SSSR count). The van der Waals surface area contributed by atoms with E-state index in [1.807, 2.05) is 38.1 Å². The third-order valence-corrected chi connectivity index (χ3v) is 4.90. The van der Waals surface area contributed by atoms with Crippen LogP contribution in [-0.2, 0) is 0 Å². The number of non-ortho nitro benzene ring substituents is 1. The molecule has 2 aromatic carbocycles. The summed E-state index contributed by atoms with van der Waals surface area (Å²) in [6.07, 6.45) is 1.70. The monoisotopic (exact) mass is 410 g/mol. The second-order valence-electron chi connectivity index (χ2n) is 5.35. The quantitative estimate of drug-likeness (QED) is 0.315. The number of hydrogen-bond donors (Lipinski definition) is 1. The number of thiophene rings is 1. The molecule has 7 heteroatoms. The number of nitro benzene ring substituents is 1. The van der Waals surface area contributed by atoms with Crippen molar-refractivity contribution in [2.75, 3.05) is 7.11 Å². The zero-order chi connectivity index (χ0) is 21.2. The fraction of sp³-hybridized carbons (Fsp3) is 0.136. The largest absolute Gasteiger partial charge is 0.456 e. The minimum absolute atomic E-state index is 0.0368. The highest BCUT2D eigenvalue weighted by Gasteiger charge is 2.11. The second kappa shape index (κ2) is 10.9. The first kappa shape index (κ1) is 22.0. The number of ether oxygens (including phenoxy) is 1. The van der Waals surface area contributed by atoms with Gasteiger partial charge in [-0.05, 0) is 23.8 Å². The van der Waals surface area contributed by atoms with Crippen molar-refractivity contribution in [2.45, 2.75) is 13.8 Å². The summed E-state index contributed by atoms with van der Waals surface area (Å²) < 4.78 is 6.87. The highest BCUT2D eigenvalue weighted by molar-refractivity contribution is 7.22. The standard InChI is InChI=1S/C19H12N2O3S.C2H6.CH4O/c22-21(23)14-6-8-15(9-7-14)24-17-10-11-20-16-12-18(25-19(16)17)13-4-2-1-3-5-13;2*1-2/h1-12H;1-2H3;2H,1H3. The average molecular weight is 410 g/mol. The summed E-state index contributed by atoms with van der Waals surface area (Å²) in [7, 11) is 1.00. The Morgan fingerprint density at radius 3 is 2.28 bits per heavy atom. The van der Waals surface area contributed by atoms with Crippen LogP contribution in [0.3, 0.4) is 0 Å². The van der Waals surface area contributed by atoms with E-state index in [-0.39, 0.29) is 5.69 Å². The Bertz CT molecular complexity index is 1050. The third-order valence-electron chi connectivity index (χ3n) is 3.71. The molecule has 0 aliphatic heterocycles. The van der Waals surface area contributed by atoms with E-state index in [1.165, 1.54) is 12.1 Å². The van der Waals surface area contributed by atoms with Crippen LogP contribution in [0.15, 0.2) is 72.9 Å². The molecular weight excluding hydrogens is 388 g/mol. The van der Waals surface area contributed by atoms with Gasteiger partial charge in [0.2, 0.25) is 0 Å². The Balaban J connectivity index is 0.000000707. The molecule has 0 amide bonds. The first-order valence-electron chi connectivity index (χ1n) is 9.02. The molecule has 1 N–H and O–H groups in total. The molecule has 0 aliphatic carbocycles. The van der Waals surface area contributed by atoms with Crippen LogP contribution < -0.4 is 4.74 Å². The number of nitrogens with zero attached hydrogens (tertiary/aromatic N) is 2. The summed E-state index contributed by atoms with van der Waals surface area (Å²) in [6.45, 7) is 4.00. The molecular formula is C22H22N2O4S. The van der Waals surface area contributed by atoms with Crippen LogP contribution in [0.5, 0.6) is 11.5 Å². The van der Waals surface area contributed by atoms with Crippen LogP contribution in [0.2, 0.25) is 0 Å². The van der Waals surface area contributed by atoms with Gasteiger partial charge in [0.15, 0.2) is 0 Å². The Kier molecular flexibility index (Phi) is 8.27. The van der Waals surface area contributed by atoms with Crippen LogP contribution in [0.1, 0.15) is 13.8 Å². The van der Waals surface area contributed by atoms with Crippen LogP contribution in [0.4, 0.5) is 5.69 Å². The second-order valence-corrected chi connectivity index (χ2v) is 6.41. The van der Waals surface area contributed by atoms with E-state index in [9.17, 15) is 10.1 Å². The smallest absolute Gasteiger partial charge is 0.269 e. The van der Waals surface area contributed by atoms with E-state index in [2.05, 4.69) is 17.1 Å². The Morgan fingerprint density at radius 1 is 1.00 bits per heavy atom. The molecule has 0 saturated carbocycles. The number of hydrogen-bond acceptors (Lipinski definition) is 6. The summed E-state index contributed by atoms with van der Waals surface area (Å²) in [5.41, 5.74) is 2.03. The van der Waals surface area contributed by atoms with Gasteiger partial charge in [-0.3, -0.25) is 15.1 Å². The molecule has 0 atom stereocenters. The van der Waals surface area contributed by atoms with Crippen molar-refractivity contribution in [3.63, 3.8) is 0 Å². The van der Waals surface area contributed by atoms with Crippen LogP contribution in [-0.4, -0.2) is 22.1 Å². The SMILES string of the molecule is CC.CO.O=[N+]([O-])c1ccc(Oc2ccnc3cc(-c4ccccc4)sc23)cc1. The minimum atomic E-state index is -0.431. The number of aliphatic hydroxyl groups excluding tert-OH is 1. The fourth-order valence-electron chi connectivity index (χ4n) is 2.50. The molecule has 2 aromatic heterocycles. The van der Waals surface area contributed by atoms with Gasteiger partial charge in [0.1, 0.15) is 11.5 Å².